The minimum Gasteiger partial charge on any atom is -0.494 e. The number of nitro benzene ring substituents is 1. The summed E-state index contributed by atoms with van der Waals surface area (Å²) in [6.45, 7) is 2.40. The van der Waals surface area contributed by atoms with Crippen LogP contribution < -0.4 is 10.1 Å². The number of hydrogen-bond donors (Lipinski definition) is 1. The van der Waals surface area contributed by atoms with Crippen LogP contribution in [0.15, 0.2) is 47.4 Å². The number of methoxy groups -OCH3 is 1. The van der Waals surface area contributed by atoms with Crippen molar-refractivity contribution in [3.05, 3.63) is 58.1 Å². The molecule has 1 N–H and O–H groups in total. The van der Waals surface area contributed by atoms with Gasteiger partial charge in [0.05, 0.1) is 28.7 Å². The van der Waals surface area contributed by atoms with Gasteiger partial charge in [-0.2, -0.15) is 0 Å². The van der Waals surface area contributed by atoms with Gasteiger partial charge >= 0.3 is 0 Å². The number of nitrogens with zero attached hydrogens (tertiary/aromatic N) is 2. The smallest absolute Gasteiger partial charge is 0.273 e. The second-order valence-corrected chi connectivity index (χ2v) is 8.35. The van der Waals surface area contributed by atoms with E-state index in [1.807, 2.05) is 6.92 Å². The van der Waals surface area contributed by atoms with Gasteiger partial charge < -0.3 is 10.1 Å². The lowest BCUT2D eigenvalue weighted by Gasteiger charge is -2.17. The molecule has 1 amide bonds. The Morgan fingerprint density at radius 3 is 2.41 bits per heavy atom. The molecule has 2 rings (SSSR count). The van der Waals surface area contributed by atoms with Crippen molar-refractivity contribution in [2.24, 2.45) is 0 Å². The van der Waals surface area contributed by atoms with E-state index in [-0.39, 0.29) is 27.6 Å². The molecule has 0 spiro atoms. The molecular weight excluding hydrogens is 398 g/mol. The standard InChI is InChI=1S/C19H23N3O6S/c1-4-5-12-21(2)29(26,27)16-9-6-14(7-10-16)19(23)20-17-11-8-15(22(24)25)13-18(17)28-3/h6-11,13H,4-5,12H2,1-3H3,(H,20,23). The first-order chi connectivity index (χ1) is 13.7. The lowest BCUT2D eigenvalue weighted by atomic mass is 10.2. The van der Waals surface area contributed by atoms with Crippen LogP contribution >= 0.6 is 0 Å². The van der Waals surface area contributed by atoms with E-state index in [0.717, 1.165) is 12.8 Å². The van der Waals surface area contributed by atoms with E-state index in [1.54, 1.807) is 0 Å². The van der Waals surface area contributed by atoms with Gasteiger partial charge in [-0.1, -0.05) is 13.3 Å². The lowest BCUT2D eigenvalue weighted by molar-refractivity contribution is -0.384. The Hall–Kier alpha value is -2.98. The fraction of sp³-hybridized carbons (Fsp3) is 0.316. The topological polar surface area (TPSA) is 119 Å². The summed E-state index contributed by atoms with van der Waals surface area (Å²) in [7, 11) is -0.761. The van der Waals surface area contributed by atoms with Gasteiger partial charge in [0, 0.05) is 25.2 Å². The third kappa shape index (κ3) is 5.30. The largest absolute Gasteiger partial charge is 0.494 e. The number of nitrogens with one attached hydrogen (secondary N) is 1. The van der Waals surface area contributed by atoms with Crippen LogP contribution in [0, 0.1) is 10.1 Å². The molecule has 2 aromatic carbocycles. The highest BCUT2D eigenvalue weighted by molar-refractivity contribution is 7.89. The van der Waals surface area contributed by atoms with Gasteiger partial charge in [-0.3, -0.25) is 14.9 Å². The predicted molar refractivity (Wildman–Crippen MR) is 109 cm³/mol. The first-order valence-electron chi connectivity index (χ1n) is 8.91. The van der Waals surface area contributed by atoms with E-state index in [4.69, 9.17) is 4.74 Å². The fourth-order valence-electron chi connectivity index (χ4n) is 2.55. The second-order valence-electron chi connectivity index (χ2n) is 6.30. The summed E-state index contributed by atoms with van der Waals surface area (Å²) in [6, 6.07) is 9.40. The number of rotatable bonds is 9. The number of benzene rings is 2. The summed E-state index contributed by atoms with van der Waals surface area (Å²) in [5.41, 5.74) is 0.335. The zero-order valence-electron chi connectivity index (χ0n) is 16.4. The van der Waals surface area contributed by atoms with Crippen LogP contribution in [0.3, 0.4) is 0 Å². The number of ether oxygens (including phenoxy) is 1. The van der Waals surface area contributed by atoms with Gasteiger partial charge in [-0.15, -0.1) is 0 Å². The molecule has 0 heterocycles. The Labute approximate surface area is 169 Å². The molecule has 0 saturated carbocycles. The zero-order valence-corrected chi connectivity index (χ0v) is 17.2. The maximum absolute atomic E-state index is 12.5. The number of non-ortho nitro benzene ring substituents is 1. The number of anilines is 1. The molecule has 0 unspecified atom stereocenters. The second kappa shape index (κ2) is 9.48. The summed E-state index contributed by atoms with van der Waals surface area (Å²) in [5.74, 6) is -0.357. The quantitative estimate of drug-likeness (QED) is 0.490. The van der Waals surface area contributed by atoms with E-state index in [1.165, 1.54) is 60.9 Å². The molecule has 0 saturated heterocycles. The first kappa shape index (κ1) is 22.3. The van der Waals surface area contributed by atoms with Gasteiger partial charge in [0.1, 0.15) is 5.75 Å². The van der Waals surface area contributed by atoms with Crippen LogP contribution in [-0.4, -0.2) is 44.3 Å². The van der Waals surface area contributed by atoms with Gasteiger partial charge in [0.15, 0.2) is 0 Å². The summed E-state index contributed by atoms with van der Waals surface area (Å²) in [6.07, 6.45) is 1.64. The van der Waals surface area contributed by atoms with Gasteiger partial charge in [-0.05, 0) is 36.8 Å². The number of nitro groups is 1. The fourth-order valence-corrected chi connectivity index (χ4v) is 3.76. The number of sulfonamides is 1. The molecule has 156 valence electrons. The Kier molecular flexibility index (Phi) is 7.29. The summed E-state index contributed by atoms with van der Waals surface area (Å²) >= 11 is 0. The first-order valence-corrected chi connectivity index (χ1v) is 10.3. The zero-order chi connectivity index (χ0) is 21.6. The summed E-state index contributed by atoms with van der Waals surface area (Å²) in [5, 5.41) is 13.5. The number of hydrogen-bond acceptors (Lipinski definition) is 6. The summed E-state index contributed by atoms with van der Waals surface area (Å²) < 4.78 is 31.4. The molecule has 10 heteroatoms. The van der Waals surface area contributed by atoms with Crippen molar-refractivity contribution in [3.63, 3.8) is 0 Å². The molecule has 0 aliphatic heterocycles. The molecule has 2 aromatic rings. The van der Waals surface area contributed by atoms with E-state index in [9.17, 15) is 23.3 Å². The van der Waals surface area contributed by atoms with Crippen molar-refractivity contribution in [2.45, 2.75) is 24.7 Å². The molecule has 29 heavy (non-hydrogen) atoms. The third-order valence-electron chi connectivity index (χ3n) is 4.30. The minimum absolute atomic E-state index is 0.0977. The van der Waals surface area contributed by atoms with Crippen molar-refractivity contribution >= 4 is 27.3 Å². The SMILES string of the molecule is CCCCN(C)S(=O)(=O)c1ccc(C(=O)Nc2ccc([N+](=O)[O-])cc2OC)cc1. The van der Waals surface area contributed by atoms with Crippen molar-refractivity contribution < 1.29 is 22.9 Å². The van der Waals surface area contributed by atoms with Gasteiger partial charge in [0.2, 0.25) is 10.0 Å². The molecule has 0 aliphatic carbocycles. The van der Waals surface area contributed by atoms with Crippen molar-refractivity contribution in [2.75, 3.05) is 26.0 Å². The molecule has 0 radical (unpaired) electrons. The van der Waals surface area contributed by atoms with Crippen molar-refractivity contribution in [3.8, 4) is 5.75 Å². The van der Waals surface area contributed by atoms with Crippen LogP contribution in [0.5, 0.6) is 5.75 Å². The highest BCUT2D eigenvalue weighted by atomic mass is 32.2. The van der Waals surface area contributed by atoms with Crippen LogP contribution in [0.2, 0.25) is 0 Å². The number of amides is 1. The normalized spacial score (nSPS) is 11.3. The van der Waals surface area contributed by atoms with Crippen LogP contribution in [0.4, 0.5) is 11.4 Å². The average Bonchev–Trinajstić information content (AvgIpc) is 2.71. The minimum atomic E-state index is -3.62. The highest BCUT2D eigenvalue weighted by Gasteiger charge is 2.21. The van der Waals surface area contributed by atoms with Crippen LogP contribution in [0.1, 0.15) is 30.1 Å². The van der Waals surface area contributed by atoms with Gasteiger partial charge in [0.25, 0.3) is 11.6 Å². The number of unbranched alkanes of at least 4 members (excludes halogenated alkanes) is 1. The van der Waals surface area contributed by atoms with E-state index in [0.29, 0.717) is 6.54 Å². The van der Waals surface area contributed by atoms with Crippen LogP contribution in [-0.2, 0) is 10.0 Å². The van der Waals surface area contributed by atoms with Gasteiger partial charge in [-0.25, -0.2) is 12.7 Å². The molecule has 0 atom stereocenters. The maximum Gasteiger partial charge on any atom is 0.273 e. The maximum atomic E-state index is 12.5. The van der Waals surface area contributed by atoms with Crippen molar-refractivity contribution in [1.29, 1.82) is 0 Å². The Morgan fingerprint density at radius 1 is 1.21 bits per heavy atom. The predicted octanol–water partition coefficient (Wildman–Crippen LogP) is 3.28. The van der Waals surface area contributed by atoms with E-state index >= 15 is 0 Å². The molecule has 0 aliphatic rings. The number of carbonyl (C=O) groups excluding carboxylic acids is 1. The van der Waals surface area contributed by atoms with Crippen LogP contribution in [0.25, 0.3) is 0 Å². The van der Waals surface area contributed by atoms with E-state index < -0.39 is 20.9 Å². The lowest BCUT2D eigenvalue weighted by Crippen LogP contribution is -2.28. The molecule has 0 bridgehead atoms. The van der Waals surface area contributed by atoms with E-state index in [2.05, 4.69) is 5.32 Å². The number of carbonyl (C=O) groups is 1. The summed E-state index contributed by atoms with van der Waals surface area (Å²) in [4.78, 5) is 22.9. The Balaban J connectivity index is 2.18. The molecule has 0 aromatic heterocycles. The monoisotopic (exact) mass is 421 g/mol. The Bertz CT molecular complexity index is 990. The molecular formula is C19H23N3O6S. The van der Waals surface area contributed by atoms with Crippen molar-refractivity contribution in [1.82, 2.24) is 4.31 Å². The Morgan fingerprint density at radius 2 is 1.86 bits per heavy atom. The third-order valence-corrected chi connectivity index (χ3v) is 6.17. The molecule has 0 fully saturated rings. The average molecular weight is 421 g/mol. The molecule has 9 nitrogen and oxygen atoms in total. The highest BCUT2D eigenvalue weighted by Crippen LogP contribution is 2.29.